The zero-order valence-corrected chi connectivity index (χ0v) is 15.4. The fourth-order valence-electron chi connectivity index (χ4n) is 2.77. The van der Waals surface area contributed by atoms with Crippen molar-refractivity contribution in [3.8, 4) is 5.00 Å². The van der Waals surface area contributed by atoms with Crippen molar-refractivity contribution in [3.05, 3.63) is 40.5 Å². The maximum absolute atomic E-state index is 12.9. The molecule has 2 aromatic rings. The second-order valence-electron chi connectivity index (χ2n) is 5.67. The fourth-order valence-corrected chi connectivity index (χ4v) is 5.21. The number of aromatic nitrogens is 1. The van der Waals surface area contributed by atoms with Crippen molar-refractivity contribution in [2.75, 3.05) is 12.3 Å². The molecule has 128 valence electrons. The third-order valence-electron chi connectivity index (χ3n) is 3.96. The van der Waals surface area contributed by atoms with Crippen LogP contribution in [0.1, 0.15) is 34.6 Å². The first-order chi connectivity index (χ1) is 11.6. The number of carbonyl (C=O) groups excluding carboxylic acids is 2. The molecule has 2 aromatic heterocycles. The zero-order valence-electron chi connectivity index (χ0n) is 13.8. The van der Waals surface area contributed by atoms with Crippen LogP contribution in [0.4, 0.5) is 0 Å². The fraction of sp³-hybridized carbons (Fsp3) is 0.412. The number of rotatable bonds is 5. The Labute approximate surface area is 149 Å². The first-order valence-electron chi connectivity index (χ1n) is 8.06. The maximum Gasteiger partial charge on any atom is 0.255 e. The molecule has 0 saturated carbocycles. The van der Waals surface area contributed by atoms with Gasteiger partial charge in [0.05, 0.1) is 5.56 Å². The number of hydrogen-bond acceptors (Lipinski definition) is 4. The number of hydrogen-bond donors (Lipinski definition) is 2. The van der Waals surface area contributed by atoms with E-state index < -0.39 is 6.04 Å². The van der Waals surface area contributed by atoms with Crippen molar-refractivity contribution in [1.29, 1.82) is 0 Å². The Bertz CT molecular complexity index is 737. The molecule has 3 rings (SSSR count). The van der Waals surface area contributed by atoms with Gasteiger partial charge in [-0.2, -0.15) is 11.8 Å². The summed E-state index contributed by atoms with van der Waals surface area (Å²) in [6.07, 6.45) is 4.80. The topological polar surface area (TPSA) is 63.1 Å². The zero-order chi connectivity index (χ0) is 17.1. The van der Waals surface area contributed by atoms with Crippen LogP contribution in [-0.2, 0) is 17.0 Å². The van der Waals surface area contributed by atoms with E-state index in [1.165, 1.54) is 4.88 Å². The molecule has 1 aliphatic heterocycles. The summed E-state index contributed by atoms with van der Waals surface area (Å²) in [5, 5.41) is 6.53. The van der Waals surface area contributed by atoms with Crippen molar-refractivity contribution in [2.24, 2.45) is 0 Å². The largest absolute Gasteiger partial charge is 0.355 e. The van der Waals surface area contributed by atoms with Crippen LogP contribution in [-0.4, -0.2) is 34.7 Å². The van der Waals surface area contributed by atoms with E-state index in [-0.39, 0.29) is 11.8 Å². The Morgan fingerprint density at radius 3 is 2.79 bits per heavy atom. The molecule has 0 spiro atoms. The molecule has 7 heteroatoms. The molecule has 3 heterocycles. The number of nitrogens with zero attached hydrogens (tertiary/aromatic N) is 1. The molecule has 1 atom stereocenters. The van der Waals surface area contributed by atoms with Gasteiger partial charge in [0, 0.05) is 29.6 Å². The Kier molecular flexibility index (Phi) is 5.30. The first-order valence-corrected chi connectivity index (χ1v) is 10.0. The highest BCUT2D eigenvalue weighted by Crippen LogP contribution is 2.38. The van der Waals surface area contributed by atoms with Gasteiger partial charge in [0.15, 0.2) is 0 Å². The predicted molar refractivity (Wildman–Crippen MR) is 99.1 cm³/mol. The Hall–Kier alpha value is -1.73. The summed E-state index contributed by atoms with van der Waals surface area (Å²) < 4.78 is 1.99. The van der Waals surface area contributed by atoms with Crippen molar-refractivity contribution in [2.45, 2.75) is 32.1 Å². The third kappa shape index (κ3) is 3.37. The van der Waals surface area contributed by atoms with Gasteiger partial charge in [0.1, 0.15) is 11.0 Å². The molecule has 0 fully saturated rings. The third-order valence-corrected chi connectivity index (χ3v) is 6.37. The van der Waals surface area contributed by atoms with Crippen LogP contribution in [0.2, 0.25) is 0 Å². The average Bonchev–Trinajstić information content (AvgIpc) is 3.22. The van der Waals surface area contributed by atoms with Gasteiger partial charge in [-0.05, 0) is 43.7 Å². The van der Waals surface area contributed by atoms with E-state index in [1.807, 2.05) is 47.8 Å². The lowest BCUT2D eigenvalue weighted by Crippen LogP contribution is -2.45. The summed E-state index contributed by atoms with van der Waals surface area (Å²) in [6, 6.07) is 3.35. The molecule has 2 N–H and O–H groups in total. The van der Waals surface area contributed by atoms with Crippen molar-refractivity contribution < 1.29 is 9.59 Å². The number of thioether (sulfide) groups is 1. The molecule has 24 heavy (non-hydrogen) atoms. The van der Waals surface area contributed by atoms with E-state index in [2.05, 4.69) is 10.6 Å². The van der Waals surface area contributed by atoms with E-state index in [4.69, 9.17) is 0 Å². The van der Waals surface area contributed by atoms with Gasteiger partial charge in [0.25, 0.3) is 5.91 Å². The van der Waals surface area contributed by atoms with E-state index >= 15 is 0 Å². The lowest BCUT2D eigenvalue weighted by Gasteiger charge is -2.16. The summed E-state index contributed by atoms with van der Waals surface area (Å²) in [5.74, 6) is 1.66. The van der Waals surface area contributed by atoms with Crippen LogP contribution in [0.25, 0.3) is 5.00 Å². The normalized spacial score (nSPS) is 14.8. The Morgan fingerprint density at radius 1 is 1.33 bits per heavy atom. The smallest absolute Gasteiger partial charge is 0.255 e. The Balaban J connectivity index is 1.92. The molecule has 0 aliphatic carbocycles. The SMILES string of the molecule is CCNC(=O)[C@H](C)NC(=O)c1c(-n2cccc2)sc2c1CCSC2. The average molecular weight is 364 g/mol. The predicted octanol–water partition coefficient (Wildman–Crippen LogP) is 2.58. The number of fused-ring (bicyclic) bond motifs is 1. The summed E-state index contributed by atoms with van der Waals surface area (Å²) >= 11 is 3.57. The maximum atomic E-state index is 12.9. The van der Waals surface area contributed by atoms with Crippen LogP contribution in [0.15, 0.2) is 24.5 Å². The van der Waals surface area contributed by atoms with Crippen LogP contribution in [0, 0.1) is 0 Å². The molecule has 0 unspecified atom stereocenters. The van der Waals surface area contributed by atoms with Gasteiger partial charge in [-0.25, -0.2) is 0 Å². The minimum Gasteiger partial charge on any atom is -0.355 e. The number of carbonyl (C=O) groups is 2. The number of thiophene rings is 1. The highest BCUT2D eigenvalue weighted by Gasteiger charge is 2.27. The van der Waals surface area contributed by atoms with Gasteiger partial charge in [-0.1, -0.05) is 0 Å². The summed E-state index contributed by atoms with van der Waals surface area (Å²) in [5.41, 5.74) is 1.87. The van der Waals surface area contributed by atoms with Crippen LogP contribution >= 0.6 is 23.1 Å². The lowest BCUT2D eigenvalue weighted by atomic mass is 10.1. The van der Waals surface area contributed by atoms with Crippen molar-refractivity contribution in [1.82, 2.24) is 15.2 Å². The minimum atomic E-state index is -0.552. The molecule has 0 radical (unpaired) electrons. The first kappa shape index (κ1) is 17.1. The van der Waals surface area contributed by atoms with E-state index in [0.29, 0.717) is 6.54 Å². The molecular weight excluding hydrogens is 342 g/mol. The van der Waals surface area contributed by atoms with Crippen LogP contribution in [0.3, 0.4) is 0 Å². The lowest BCUT2D eigenvalue weighted by molar-refractivity contribution is -0.122. The van der Waals surface area contributed by atoms with Crippen molar-refractivity contribution in [3.63, 3.8) is 0 Å². The molecular formula is C17H21N3O2S2. The van der Waals surface area contributed by atoms with Crippen LogP contribution in [0.5, 0.6) is 0 Å². The number of nitrogens with one attached hydrogen (secondary N) is 2. The van der Waals surface area contributed by atoms with Gasteiger partial charge >= 0.3 is 0 Å². The number of amides is 2. The quantitative estimate of drug-likeness (QED) is 0.858. The molecule has 1 aliphatic rings. The molecule has 5 nitrogen and oxygen atoms in total. The summed E-state index contributed by atoms with van der Waals surface area (Å²) in [6.45, 7) is 4.13. The molecule has 2 amide bonds. The molecule has 0 saturated heterocycles. The van der Waals surface area contributed by atoms with Crippen LogP contribution < -0.4 is 10.6 Å². The molecule has 0 aromatic carbocycles. The van der Waals surface area contributed by atoms with Gasteiger partial charge in [-0.3, -0.25) is 9.59 Å². The monoisotopic (exact) mass is 363 g/mol. The van der Waals surface area contributed by atoms with E-state index in [1.54, 1.807) is 18.3 Å². The van der Waals surface area contributed by atoms with E-state index in [9.17, 15) is 9.59 Å². The Morgan fingerprint density at radius 2 is 2.08 bits per heavy atom. The second-order valence-corrected chi connectivity index (χ2v) is 7.86. The van der Waals surface area contributed by atoms with Crippen molar-refractivity contribution >= 4 is 34.9 Å². The minimum absolute atomic E-state index is 0.159. The highest BCUT2D eigenvalue weighted by molar-refractivity contribution is 7.98. The summed E-state index contributed by atoms with van der Waals surface area (Å²) in [7, 11) is 0. The number of likely N-dealkylation sites (N-methyl/N-ethyl adjacent to an activating group) is 1. The van der Waals surface area contributed by atoms with Gasteiger partial charge in [-0.15, -0.1) is 11.3 Å². The summed E-state index contributed by atoms with van der Waals surface area (Å²) in [4.78, 5) is 26.1. The van der Waals surface area contributed by atoms with E-state index in [0.717, 1.165) is 34.1 Å². The molecule has 0 bridgehead atoms. The standard InChI is InChI=1S/C17H21N3O2S2/c1-3-18-15(21)11(2)19-16(22)14-12-6-9-23-10-13(12)24-17(14)20-7-4-5-8-20/h4-5,7-8,11H,3,6,9-10H2,1-2H3,(H,18,21)(H,19,22)/t11-/m0/s1. The second kappa shape index (κ2) is 7.44. The highest BCUT2D eigenvalue weighted by atomic mass is 32.2. The van der Waals surface area contributed by atoms with Gasteiger partial charge < -0.3 is 15.2 Å². The van der Waals surface area contributed by atoms with Gasteiger partial charge in [0.2, 0.25) is 5.91 Å².